The molecule has 0 fully saturated rings. The molecule has 0 spiro atoms. The molecule has 0 radical (unpaired) electrons. The number of nitrogens with one attached hydrogen (secondary N) is 1. The first-order valence-corrected chi connectivity index (χ1v) is 7.00. The predicted molar refractivity (Wildman–Crippen MR) is 84.1 cm³/mol. The minimum absolute atomic E-state index is 0.00651. The highest BCUT2D eigenvalue weighted by Gasteiger charge is 2.12. The molecule has 0 amide bonds. The van der Waals surface area contributed by atoms with Gasteiger partial charge in [-0.05, 0) is 25.1 Å². The van der Waals surface area contributed by atoms with Gasteiger partial charge in [0.2, 0.25) is 0 Å². The minimum atomic E-state index is -0.457. The molecule has 7 heteroatoms. The third-order valence-corrected chi connectivity index (χ3v) is 3.32. The smallest absolute Gasteiger partial charge is 0.338 e. The SMILES string of the molecule is CCOC(=O)c1cccc(-c2nc3ccc([N+](=O)[O-])cc3[nH]2)c1. The second-order valence-corrected chi connectivity index (χ2v) is 4.85. The van der Waals surface area contributed by atoms with Gasteiger partial charge < -0.3 is 9.72 Å². The Morgan fingerprint density at radius 1 is 1.30 bits per heavy atom. The van der Waals surface area contributed by atoms with Crippen molar-refractivity contribution < 1.29 is 14.5 Å². The van der Waals surface area contributed by atoms with Crippen LogP contribution in [0.15, 0.2) is 42.5 Å². The van der Waals surface area contributed by atoms with Crippen LogP contribution in [-0.2, 0) is 4.74 Å². The molecule has 1 aromatic heterocycles. The summed E-state index contributed by atoms with van der Waals surface area (Å²) in [4.78, 5) is 29.6. The zero-order valence-corrected chi connectivity index (χ0v) is 12.3. The number of non-ortho nitro benzene ring substituents is 1. The topological polar surface area (TPSA) is 98.1 Å². The van der Waals surface area contributed by atoms with Crippen LogP contribution >= 0.6 is 0 Å². The van der Waals surface area contributed by atoms with Crippen molar-refractivity contribution in [3.63, 3.8) is 0 Å². The van der Waals surface area contributed by atoms with Gasteiger partial charge in [-0.15, -0.1) is 0 Å². The first kappa shape index (κ1) is 14.7. The number of carbonyl (C=O) groups is 1. The van der Waals surface area contributed by atoms with Crippen LogP contribution in [0.2, 0.25) is 0 Å². The molecule has 0 atom stereocenters. The van der Waals surface area contributed by atoms with Crippen LogP contribution in [0.25, 0.3) is 22.4 Å². The monoisotopic (exact) mass is 311 g/mol. The van der Waals surface area contributed by atoms with Gasteiger partial charge in [0.1, 0.15) is 5.82 Å². The lowest BCUT2D eigenvalue weighted by Crippen LogP contribution is -2.04. The Hall–Kier alpha value is -3.22. The Morgan fingerprint density at radius 2 is 2.13 bits per heavy atom. The molecule has 3 rings (SSSR count). The van der Waals surface area contributed by atoms with E-state index in [2.05, 4.69) is 9.97 Å². The Morgan fingerprint density at radius 3 is 2.87 bits per heavy atom. The number of nitro groups is 1. The number of aromatic nitrogens is 2. The molecule has 0 bridgehead atoms. The molecule has 2 aromatic carbocycles. The van der Waals surface area contributed by atoms with Crippen molar-refractivity contribution in [2.24, 2.45) is 0 Å². The molecule has 116 valence electrons. The highest BCUT2D eigenvalue weighted by Crippen LogP contribution is 2.24. The summed E-state index contributed by atoms with van der Waals surface area (Å²) < 4.78 is 4.98. The highest BCUT2D eigenvalue weighted by molar-refractivity contribution is 5.91. The average molecular weight is 311 g/mol. The van der Waals surface area contributed by atoms with Gasteiger partial charge in [-0.25, -0.2) is 9.78 Å². The van der Waals surface area contributed by atoms with Crippen LogP contribution in [0.3, 0.4) is 0 Å². The van der Waals surface area contributed by atoms with Crippen LogP contribution in [0.4, 0.5) is 5.69 Å². The summed E-state index contributed by atoms with van der Waals surface area (Å²) >= 11 is 0. The van der Waals surface area contributed by atoms with E-state index >= 15 is 0 Å². The van der Waals surface area contributed by atoms with Gasteiger partial charge in [-0.2, -0.15) is 0 Å². The summed E-state index contributed by atoms with van der Waals surface area (Å²) in [6.07, 6.45) is 0. The fourth-order valence-electron chi connectivity index (χ4n) is 2.26. The summed E-state index contributed by atoms with van der Waals surface area (Å²) in [5.74, 6) is 0.132. The van der Waals surface area contributed by atoms with E-state index in [1.54, 1.807) is 37.3 Å². The van der Waals surface area contributed by atoms with E-state index in [1.165, 1.54) is 12.1 Å². The Bertz CT molecular complexity index is 901. The van der Waals surface area contributed by atoms with Crippen molar-refractivity contribution in [1.29, 1.82) is 0 Å². The molecule has 0 aliphatic rings. The van der Waals surface area contributed by atoms with E-state index in [9.17, 15) is 14.9 Å². The first-order chi connectivity index (χ1) is 11.1. The van der Waals surface area contributed by atoms with Crippen molar-refractivity contribution in [1.82, 2.24) is 9.97 Å². The number of H-pyrrole nitrogens is 1. The van der Waals surface area contributed by atoms with E-state index < -0.39 is 10.9 Å². The number of carbonyl (C=O) groups excluding carboxylic acids is 1. The van der Waals surface area contributed by atoms with Crippen molar-refractivity contribution >= 4 is 22.7 Å². The number of imidazole rings is 1. The normalized spacial score (nSPS) is 10.7. The number of rotatable bonds is 4. The lowest BCUT2D eigenvalue weighted by atomic mass is 10.1. The fourth-order valence-corrected chi connectivity index (χ4v) is 2.26. The summed E-state index contributed by atoms with van der Waals surface area (Å²) in [6, 6.07) is 11.3. The molecular formula is C16H13N3O4. The van der Waals surface area contributed by atoms with Crippen LogP contribution in [0.5, 0.6) is 0 Å². The number of fused-ring (bicyclic) bond motifs is 1. The number of nitrogens with zero attached hydrogens (tertiary/aromatic N) is 2. The van der Waals surface area contributed by atoms with Crippen LogP contribution in [-0.4, -0.2) is 27.5 Å². The molecule has 0 aliphatic heterocycles. The third kappa shape index (κ3) is 2.89. The lowest BCUT2D eigenvalue weighted by molar-refractivity contribution is -0.384. The van der Waals surface area contributed by atoms with Gasteiger partial charge >= 0.3 is 5.97 Å². The zero-order valence-electron chi connectivity index (χ0n) is 12.3. The summed E-state index contributed by atoms with van der Waals surface area (Å²) in [5.41, 5.74) is 2.31. The summed E-state index contributed by atoms with van der Waals surface area (Å²) in [6.45, 7) is 2.05. The molecule has 1 heterocycles. The fraction of sp³-hybridized carbons (Fsp3) is 0.125. The maximum atomic E-state index is 11.8. The van der Waals surface area contributed by atoms with E-state index in [-0.39, 0.29) is 5.69 Å². The predicted octanol–water partition coefficient (Wildman–Crippen LogP) is 3.31. The number of hydrogen-bond donors (Lipinski definition) is 1. The number of nitro benzene ring substituents is 1. The molecule has 0 saturated carbocycles. The average Bonchev–Trinajstić information content (AvgIpc) is 2.98. The van der Waals surface area contributed by atoms with Crippen molar-refractivity contribution in [3.05, 3.63) is 58.1 Å². The van der Waals surface area contributed by atoms with E-state index in [0.29, 0.717) is 34.6 Å². The van der Waals surface area contributed by atoms with E-state index in [0.717, 1.165) is 0 Å². The number of aromatic amines is 1. The van der Waals surface area contributed by atoms with Crippen LogP contribution < -0.4 is 0 Å². The Balaban J connectivity index is 2.01. The minimum Gasteiger partial charge on any atom is -0.462 e. The molecule has 0 unspecified atom stereocenters. The van der Waals surface area contributed by atoms with Crippen molar-refractivity contribution in [2.75, 3.05) is 6.61 Å². The molecule has 0 saturated heterocycles. The van der Waals surface area contributed by atoms with Gasteiger partial charge in [0.05, 0.1) is 28.1 Å². The van der Waals surface area contributed by atoms with Crippen molar-refractivity contribution in [2.45, 2.75) is 6.92 Å². The summed E-state index contributed by atoms with van der Waals surface area (Å²) in [7, 11) is 0. The van der Waals surface area contributed by atoms with E-state index in [1.807, 2.05) is 0 Å². The second-order valence-electron chi connectivity index (χ2n) is 4.85. The molecular weight excluding hydrogens is 298 g/mol. The quantitative estimate of drug-likeness (QED) is 0.453. The van der Waals surface area contributed by atoms with Gasteiger partial charge in [0.25, 0.3) is 5.69 Å². The molecule has 23 heavy (non-hydrogen) atoms. The number of esters is 1. The van der Waals surface area contributed by atoms with Crippen LogP contribution in [0.1, 0.15) is 17.3 Å². The first-order valence-electron chi connectivity index (χ1n) is 7.00. The standard InChI is InChI=1S/C16H13N3O4/c1-2-23-16(20)11-5-3-4-10(8-11)15-17-13-7-6-12(19(21)22)9-14(13)18-15/h3-9H,2H2,1H3,(H,17,18). The van der Waals surface area contributed by atoms with E-state index in [4.69, 9.17) is 4.74 Å². The van der Waals surface area contributed by atoms with Gasteiger partial charge in [0, 0.05) is 17.7 Å². The maximum Gasteiger partial charge on any atom is 0.338 e. The Labute approximate surface area is 131 Å². The number of hydrogen-bond acceptors (Lipinski definition) is 5. The lowest BCUT2D eigenvalue weighted by Gasteiger charge is -2.03. The molecule has 0 aliphatic carbocycles. The Kier molecular flexibility index (Phi) is 3.76. The number of benzene rings is 2. The second kappa shape index (κ2) is 5.88. The van der Waals surface area contributed by atoms with Crippen LogP contribution in [0, 0.1) is 10.1 Å². The zero-order chi connectivity index (χ0) is 16.4. The number of ether oxygens (including phenoxy) is 1. The van der Waals surface area contributed by atoms with Gasteiger partial charge in [-0.1, -0.05) is 12.1 Å². The maximum absolute atomic E-state index is 11.8. The van der Waals surface area contributed by atoms with Gasteiger partial charge in [0.15, 0.2) is 0 Å². The molecule has 1 N–H and O–H groups in total. The van der Waals surface area contributed by atoms with Gasteiger partial charge in [-0.3, -0.25) is 10.1 Å². The third-order valence-electron chi connectivity index (χ3n) is 3.32. The van der Waals surface area contributed by atoms with Crippen molar-refractivity contribution in [3.8, 4) is 11.4 Å². The highest BCUT2D eigenvalue weighted by atomic mass is 16.6. The molecule has 7 nitrogen and oxygen atoms in total. The largest absolute Gasteiger partial charge is 0.462 e. The summed E-state index contributed by atoms with van der Waals surface area (Å²) in [5, 5.41) is 10.8. The molecule has 3 aromatic rings.